The molecule has 0 spiro atoms. The Morgan fingerprint density at radius 2 is 1.02 bits per heavy atom. The second kappa shape index (κ2) is 29.7. The van der Waals surface area contributed by atoms with E-state index in [9.17, 15) is 19.5 Å². The number of hydrogen-bond acceptors (Lipinski definition) is 7. The van der Waals surface area contributed by atoms with Crippen LogP contribution in [0, 0.1) is 0 Å². The minimum atomic E-state index is -1.13. The number of hydrogen-bond donors (Lipinski definition) is 0. The molecule has 0 aromatic heterocycles. The number of carboxylic acids is 1. The second-order valence-corrected chi connectivity index (χ2v) is 13.8. The highest BCUT2D eigenvalue weighted by Crippen LogP contribution is 2.16. The molecule has 0 N–H and O–H groups in total. The molecule has 0 aliphatic rings. The fourth-order valence-electron chi connectivity index (χ4n) is 5.58. The Kier molecular flexibility index (Phi) is 28.6. The number of carbonyl (C=O) groups excluding carboxylic acids is 3. The molecule has 0 aliphatic heterocycles. The third-order valence-electron chi connectivity index (χ3n) is 8.55. The summed E-state index contributed by atoms with van der Waals surface area (Å²) in [6.45, 7) is 4.12. The zero-order valence-electron chi connectivity index (χ0n) is 30.1. The van der Waals surface area contributed by atoms with Gasteiger partial charge in [-0.25, -0.2) is 0 Å². The van der Waals surface area contributed by atoms with Gasteiger partial charge in [0.2, 0.25) is 0 Å². The molecule has 8 heteroatoms. The van der Waals surface area contributed by atoms with Crippen LogP contribution in [-0.2, 0) is 28.6 Å². The fraction of sp³-hybridized carbons (Fsp3) is 0.919. The first-order valence-electron chi connectivity index (χ1n) is 18.6. The third-order valence-corrected chi connectivity index (χ3v) is 8.55. The Balaban J connectivity index is 3.83. The van der Waals surface area contributed by atoms with Crippen molar-refractivity contribution in [1.29, 1.82) is 0 Å². The molecule has 0 aliphatic carbocycles. The zero-order chi connectivity index (χ0) is 33.6. The van der Waals surface area contributed by atoms with Crippen LogP contribution in [0.25, 0.3) is 0 Å². The summed E-state index contributed by atoms with van der Waals surface area (Å²) in [6, 6.07) is -0.715. The summed E-state index contributed by atoms with van der Waals surface area (Å²) in [7, 11) is 5.37. The molecule has 0 aromatic carbocycles. The molecule has 2 atom stereocenters. The minimum absolute atomic E-state index is 0.0406. The van der Waals surface area contributed by atoms with E-state index in [0.29, 0.717) is 6.42 Å². The molecule has 2 unspecified atom stereocenters. The molecule has 45 heavy (non-hydrogen) atoms. The van der Waals surface area contributed by atoms with Crippen molar-refractivity contribution in [2.75, 3.05) is 41.0 Å². The number of esters is 2. The standard InChI is InChI=1S/C37H71NO7/c1-6-8-9-10-11-12-13-14-15-16-17-18-19-20-21-22-23-24-25-26-27-28-36(40)45-33(32-44-35(39)7-2)31-43-30-29-34(37(41)42)38(3,4)5/h33-34H,6-32H2,1-5H3. The fourth-order valence-corrected chi connectivity index (χ4v) is 5.58. The topological polar surface area (TPSA) is 102 Å². The second-order valence-electron chi connectivity index (χ2n) is 13.8. The number of aliphatic carboxylic acids is 1. The number of likely N-dealkylation sites (N-methyl/N-ethyl adjacent to an activating group) is 1. The highest BCUT2D eigenvalue weighted by molar-refractivity contribution is 5.70. The van der Waals surface area contributed by atoms with Gasteiger partial charge in [0.15, 0.2) is 6.10 Å². The van der Waals surface area contributed by atoms with Crippen molar-refractivity contribution in [2.24, 2.45) is 0 Å². The lowest BCUT2D eigenvalue weighted by Crippen LogP contribution is -2.55. The van der Waals surface area contributed by atoms with Crippen molar-refractivity contribution in [3.8, 4) is 0 Å². The first-order chi connectivity index (χ1) is 21.6. The molecule has 0 radical (unpaired) electrons. The molecule has 0 aromatic rings. The van der Waals surface area contributed by atoms with Gasteiger partial charge >= 0.3 is 11.9 Å². The van der Waals surface area contributed by atoms with Crippen LogP contribution >= 0.6 is 0 Å². The monoisotopic (exact) mass is 642 g/mol. The number of carboxylic acid groups (broad SMARTS) is 1. The van der Waals surface area contributed by atoms with E-state index in [1.165, 1.54) is 116 Å². The average Bonchev–Trinajstić information content (AvgIpc) is 2.99. The smallest absolute Gasteiger partial charge is 0.306 e. The van der Waals surface area contributed by atoms with Gasteiger partial charge in [0.05, 0.1) is 40.3 Å². The van der Waals surface area contributed by atoms with Gasteiger partial charge in [-0.05, 0) is 6.42 Å². The van der Waals surface area contributed by atoms with Gasteiger partial charge in [-0.3, -0.25) is 9.59 Å². The first kappa shape index (κ1) is 43.3. The highest BCUT2D eigenvalue weighted by atomic mass is 16.6. The van der Waals surface area contributed by atoms with E-state index >= 15 is 0 Å². The quantitative estimate of drug-likeness (QED) is 0.0411. The minimum Gasteiger partial charge on any atom is -0.544 e. The van der Waals surface area contributed by atoms with E-state index in [4.69, 9.17) is 14.2 Å². The molecule has 0 bridgehead atoms. The van der Waals surface area contributed by atoms with Crippen molar-refractivity contribution in [1.82, 2.24) is 0 Å². The van der Waals surface area contributed by atoms with Crippen LogP contribution in [-0.4, -0.2) is 75.5 Å². The Bertz CT molecular complexity index is 722. The molecule has 0 amide bonds. The van der Waals surface area contributed by atoms with Crippen LogP contribution < -0.4 is 5.11 Å². The predicted octanol–water partition coefficient (Wildman–Crippen LogP) is 7.68. The number of ether oxygens (including phenoxy) is 3. The van der Waals surface area contributed by atoms with E-state index in [2.05, 4.69) is 6.92 Å². The normalized spacial score (nSPS) is 13.0. The molecule has 0 saturated heterocycles. The number of carbonyl (C=O) groups is 3. The van der Waals surface area contributed by atoms with E-state index in [1.807, 2.05) is 0 Å². The third kappa shape index (κ3) is 28.3. The molecule has 0 fully saturated rings. The van der Waals surface area contributed by atoms with Gasteiger partial charge in [0.25, 0.3) is 0 Å². The maximum atomic E-state index is 12.4. The van der Waals surface area contributed by atoms with Gasteiger partial charge in [0, 0.05) is 19.3 Å². The summed E-state index contributed by atoms with van der Waals surface area (Å²) < 4.78 is 16.5. The van der Waals surface area contributed by atoms with Crippen molar-refractivity contribution >= 4 is 17.9 Å². The van der Waals surface area contributed by atoms with E-state index < -0.39 is 18.1 Å². The average molecular weight is 642 g/mol. The van der Waals surface area contributed by atoms with Crippen LogP contribution in [0.2, 0.25) is 0 Å². The molecular weight excluding hydrogens is 570 g/mol. The summed E-state index contributed by atoms with van der Waals surface area (Å²) in [4.78, 5) is 35.5. The van der Waals surface area contributed by atoms with E-state index in [0.717, 1.165) is 19.3 Å². The Labute approximate surface area is 276 Å². The Morgan fingerprint density at radius 1 is 0.600 bits per heavy atom. The molecule has 266 valence electrons. The number of unbranched alkanes of at least 4 members (excludes halogenated alkanes) is 20. The summed E-state index contributed by atoms with van der Waals surface area (Å²) >= 11 is 0. The van der Waals surface area contributed by atoms with Crippen LogP contribution in [0.15, 0.2) is 0 Å². The molecule has 8 nitrogen and oxygen atoms in total. The van der Waals surface area contributed by atoms with Gasteiger partial charge in [-0.15, -0.1) is 0 Å². The maximum absolute atomic E-state index is 12.4. The Morgan fingerprint density at radius 3 is 1.40 bits per heavy atom. The summed E-state index contributed by atoms with van der Waals surface area (Å²) in [5.74, 6) is -1.83. The first-order valence-corrected chi connectivity index (χ1v) is 18.6. The van der Waals surface area contributed by atoms with Crippen LogP contribution in [0.4, 0.5) is 0 Å². The van der Waals surface area contributed by atoms with Crippen LogP contribution in [0.1, 0.15) is 168 Å². The van der Waals surface area contributed by atoms with Gasteiger partial charge in [-0.2, -0.15) is 0 Å². The zero-order valence-corrected chi connectivity index (χ0v) is 30.1. The molecule has 0 saturated carbocycles. The largest absolute Gasteiger partial charge is 0.544 e. The van der Waals surface area contributed by atoms with Crippen LogP contribution in [0.5, 0.6) is 0 Å². The number of quaternary nitrogens is 1. The van der Waals surface area contributed by atoms with Crippen molar-refractivity contribution in [3.63, 3.8) is 0 Å². The van der Waals surface area contributed by atoms with E-state index in [-0.39, 0.29) is 49.1 Å². The van der Waals surface area contributed by atoms with Crippen LogP contribution in [0.3, 0.4) is 0 Å². The lowest BCUT2D eigenvalue weighted by Gasteiger charge is -2.34. The summed E-state index contributed by atoms with van der Waals surface area (Å²) in [6.07, 6.45) is 27.8. The highest BCUT2D eigenvalue weighted by Gasteiger charge is 2.25. The summed E-state index contributed by atoms with van der Waals surface area (Å²) in [5, 5.41) is 11.4. The molecule has 0 rings (SSSR count). The molecular formula is C37H71NO7. The Hall–Kier alpha value is -1.67. The lowest BCUT2D eigenvalue weighted by molar-refractivity contribution is -0.889. The number of nitrogens with zero attached hydrogens (tertiary/aromatic N) is 1. The predicted molar refractivity (Wildman–Crippen MR) is 181 cm³/mol. The molecule has 0 heterocycles. The van der Waals surface area contributed by atoms with Gasteiger partial charge in [-0.1, -0.05) is 142 Å². The lowest BCUT2D eigenvalue weighted by atomic mass is 10.0. The SMILES string of the molecule is CCCCCCCCCCCCCCCCCCCCCCCC(=O)OC(COCCC(C(=O)[O-])[N+](C)(C)C)COC(=O)CC. The van der Waals surface area contributed by atoms with Crippen molar-refractivity contribution < 1.29 is 38.2 Å². The van der Waals surface area contributed by atoms with Crippen molar-refractivity contribution in [3.05, 3.63) is 0 Å². The van der Waals surface area contributed by atoms with Gasteiger partial charge in [0.1, 0.15) is 12.6 Å². The van der Waals surface area contributed by atoms with E-state index in [1.54, 1.807) is 28.1 Å². The summed E-state index contributed by atoms with van der Waals surface area (Å²) in [5.41, 5.74) is 0. The van der Waals surface area contributed by atoms with Crippen molar-refractivity contribution in [2.45, 2.75) is 180 Å². The number of rotatable bonds is 33. The maximum Gasteiger partial charge on any atom is 0.306 e. The van der Waals surface area contributed by atoms with Gasteiger partial charge < -0.3 is 28.6 Å².